The highest BCUT2D eigenvalue weighted by atomic mass is 16.5. The van der Waals surface area contributed by atoms with Crippen molar-refractivity contribution in [2.45, 2.75) is 0 Å². The number of fused-ring (bicyclic) bond motifs is 1. The van der Waals surface area contributed by atoms with Gasteiger partial charge in [0.1, 0.15) is 5.75 Å². The molecule has 0 saturated carbocycles. The first kappa shape index (κ1) is 17.7. The molecule has 0 N–H and O–H groups in total. The van der Waals surface area contributed by atoms with E-state index in [1.165, 1.54) is 0 Å². The van der Waals surface area contributed by atoms with E-state index in [0.29, 0.717) is 28.7 Å². The Morgan fingerprint density at radius 1 is 0.500 bits per heavy atom. The summed E-state index contributed by atoms with van der Waals surface area (Å²) in [5.41, 5.74) is 1.55. The van der Waals surface area contributed by atoms with Gasteiger partial charge in [-0.15, -0.1) is 0 Å². The maximum absolute atomic E-state index is 5.80. The van der Waals surface area contributed by atoms with Crippen molar-refractivity contribution in [2.75, 3.05) is 35.5 Å². The van der Waals surface area contributed by atoms with Crippen LogP contribution in [-0.4, -0.2) is 35.5 Å². The Kier molecular flexibility index (Phi) is 5.07. The van der Waals surface area contributed by atoms with E-state index in [1.54, 1.807) is 35.5 Å². The van der Waals surface area contributed by atoms with E-state index in [-0.39, 0.29) is 0 Å². The highest BCUT2D eigenvalue weighted by Crippen LogP contribution is 2.53. The van der Waals surface area contributed by atoms with Crippen LogP contribution in [0.2, 0.25) is 0 Å². The van der Waals surface area contributed by atoms with Gasteiger partial charge < -0.3 is 23.7 Å². The van der Waals surface area contributed by atoms with Gasteiger partial charge in [0.2, 0.25) is 0 Å². The summed E-state index contributed by atoms with van der Waals surface area (Å²) in [5.74, 6) is 3.13. The average molecular weight is 354 g/mol. The molecule has 0 aliphatic heterocycles. The highest BCUT2D eigenvalue weighted by Gasteiger charge is 2.26. The maximum atomic E-state index is 5.80. The molecule has 0 saturated heterocycles. The molecule has 0 bridgehead atoms. The summed E-state index contributed by atoms with van der Waals surface area (Å²) in [6.45, 7) is 0. The molecular formula is C21H22O5. The molecule has 0 atom stereocenters. The van der Waals surface area contributed by atoms with Crippen LogP contribution in [0.25, 0.3) is 21.9 Å². The predicted octanol–water partition coefficient (Wildman–Crippen LogP) is 4.55. The number of benzene rings is 3. The van der Waals surface area contributed by atoms with E-state index in [1.807, 2.05) is 42.5 Å². The molecule has 5 nitrogen and oxygen atoms in total. The number of para-hydroxylation sites is 1. The first-order chi connectivity index (χ1) is 12.7. The van der Waals surface area contributed by atoms with Gasteiger partial charge in [-0.1, -0.05) is 36.4 Å². The second kappa shape index (κ2) is 7.44. The van der Waals surface area contributed by atoms with Gasteiger partial charge in [-0.05, 0) is 6.07 Å². The van der Waals surface area contributed by atoms with Gasteiger partial charge in [0.05, 0.1) is 41.1 Å². The first-order valence-corrected chi connectivity index (χ1v) is 8.13. The molecule has 0 aliphatic rings. The van der Waals surface area contributed by atoms with Gasteiger partial charge in [-0.2, -0.15) is 0 Å². The molecule has 0 radical (unpaired) electrons. The Labute approximate surface area is 153 Å². The van der Waals surface area contributed by atoms with E-state index < -0.39 is 0 Å². The molecule has 3 aromatic carbocycles. The standard InChI is InChI=1S/C21H22O5/c1-22-16-12-8-11-15(18(16)23-2)17-19(24-3)13-9-6-7-10-14(13)20(25-4)21(17)26-5/h6-12H,1-5H3. The Bertz CT molecular complexity index is 933. The third-order valence-corrected chi connectivity index (χ3v) is 4.36. The van der Waals surface area contributed by atoms with Crippen molar-refractivity contribution in [2.24, 2.45) is 0 Å². The summed E-state index contributed by atoms with van der Waals surface area (Å²) in [5, 5.41) is 1.84. The van der Waals surface area contributed by atoms with Crippen molar-refractivity contribution < 1.29 is 23.7 Å². The summed E-state index contributed by atoms with van der Waals surface area (Å²) >= 11 is 0. The quantitative estimate of drug-likeness (QED) is 0.650. The number of hydrogen-bond donors (Lipinski definition) is 0. The minimum Gasteiger partial charge on any atom is -0.495 e. The molecule has 0 heterocycles. The van der Waals surface area contributed by atoms with Crippen LogP contribution in [0.5, 0.6) is 28.7 Å². The van der Waals surface area contributed by atoms with Crippen molar-refractivity contribution in [3.63, 3.8) is 0 Å². The van der Waals surface area contributed by atoms with Gasteiger partial charge in [-0.25, -0.2) is 0 Å². The van der Waals surface area contributed by atoms with Gasteiger partial charge in [0, 0.05) is 16.3 Å². The van der Waals surface area contributed by atoms with Crippen LogP contribution in [0.1, 0.15) is 0 Å². The zero-order chi connectivity index (χ0) is 18.7. The lowest BCUT2D eigenvalue weighted by molar-refractivity contribution is 0.350. The number of hydrogen-bond acceptors (Lipinski definition) is 5. The molecule has 0 aliphatic carbocycles. The van der Waals surface area contributed by atoms with Crippen LogP contribution in [0.15, 0.2) is 42.5 Å². The molecule has 5 heteroatoms. The second-order valence-electron chi connectivity index (χ2n) is 5.56. The fourth-order valence-corrected chi connectivity index (χ4v) is 3.29. The topological polar surface area (TPSA) is 46.2 Å². The zero-order valence-electron chi connectivity index (χ0n) is 15.6. The van der Waals surface area contributed by atoms with Crippen molar-refractivity contribution in [1.82, 2.24) is 0 Å². The molecular weight excluding hydrogens is 332 g/mol. The molecule has 0 unspecified atom stereocenters. The van der Waals surface area contributed by atoms with E-state index in [0.717, 1.165) is 21.9 Å². The lowest BCUT2D eigenvalue weighted by Crippen LogP contribution is -2.00. The molecule has 3 rings (SSSR count). The van der Waals surface area contributed by atoms with Crippen molar-refractivity contribution in [3.05, 3.63) is 42.5 Å². The van der Waals surface area contributed by atoms with Gasteiger partial charge in [0.25, 0.3) is 0 Å². The van der Waals surface area contributed by atoms with E-state index in [2.05, 4.69) is 0 Å². The Morgan fingerprint density at radius 2 is 1.08 bits per heavy atom. The first-order valence-electron chi connectivity index (χ1n) is 8.13. The summed E-state index contributed by atoms with van der Waals surface area (Å²) in [4.78, 5) is 0. The number of methoxy groups -OCH3 is 5. The summed E-state index contributed by atoms with van der Waals surface area (Å²) < 4.78 is 28.3. The highest BCUT2D eigenvalue weighted by molar-refractivity contribution is 6.04. The fraction of sp³-hybridized carbons (Fsp3) is 0.238. The molecule has 136 valence electrons. The fourth-order valence-electron chi connectivity index (χ4n) is 3.29. The largest absolute Gasteiger partial charge is 0.495 e. The van der Waals surface area contributed by atoms with Crippen LogP contribution < -0.4 is 23.7 Å². The SMILES string of the molecule is COc1cccc(-c2c(OC)c(OC)c3ccccc3c2OC)c1OC. The molecule has 0 aromatic heterocycles. The third-order valence-electron chi connectivity index (χ3n) is 4.36. The van der Waals surface area contributed by atoms with Crippen LogP contribution >= 0.6 is 0 Å². The third kappa shape index (κ3) is 2.65. The number of ether oxygens (including phenoxy) is 5. The Morgan fingerprint density at radius 3 is 1.62 bits per heavy atom. The average Bonchev–Trinajstić information content (AvgIpc) is 2.70. The monoisotopic (exact) mass is 354 g/mol. The summed E-state index contributed by atoms with van der Waals surface area (Å²) in [6.07, 6.45) is 0. The summed E-state index contributed by atoms with van der Waals surface area (Å²) in [7, 11) is 8.10. The van der Waals surface area contributed by atoms with Gasteiger partial charge >= 0.3 is 0 Å². The molecule has 3 aromatic rings. The Balaban J connectivity index is 2.51. The smallest absolute Gasteiger partial charge is 0.173 e. The van der Waals surface area contributed by atoms with Gasteiger partial charge in [-0.3, -0.25) is 0 Å². The van der Waals surface area contributed by atoms with Crippen molar-refractivity contribution in [1.29, 1.82) is 0 Å². The van der Waals surface area contributed by atoms with Crippen LogP contribution in [0, 0.1) is 0 Å². The molecule has 0 spiro atoms. The molecule has 0 amide bonds. The minimum absolute atomic E-state index is 0.578. The predicted molar refractivity (Wildman–Crippen MR) is 102 cm³/mol. The maximum Gasteiger partial charge on any atom is 0.173 e. The lowest BCUT2D eigenvalue weighted by Gasteiger charge is -2.21. The molecule has 26 heavy (non-hydrogen) atoms. The summed E-state index contributed by atoms with van der Waals surface area (Å²) in [6, 6.07) is 13.6. The van der Waals surface area contributed by atoms with Crippen molar-refractivity contribution in [3.8, 4) is 39.9 Å². The van der Waals surface area contributed by atoms with Crippen molar-refractivity contribution >= 4 is 10.8 Å². The zero-order valence-corrected chi connectivity index (χ0v) is 15.6. The van der Waals surface area contributed by atoms with Crippen LogP contribution in [0.3, 0.4) is 0 Å². The molecule has 0 fully saturated rings. The Hall–Kier alpha value is -3.08. The van der Waals surface area contributed by atoms with Gasteiger partial charge in [0.15, 0.2) is 23.0 Å². The lowest BCUT2D eigenvalue weighted by atomic mass is 9.96. The van der Waals surface area contributed by atoms with E-state index >= 15 is 0 Å². The normalized spacial score (nSPS) is 10.5. The van der Waals surface area contributed by atoms with Crippen LogP contribution in [0.4, 0.5) is 0 Å². The second-order valence-corrected chi connectivity index (χ2v) is 5.56. The van der Waals surface area contributed by atoms with E-state index in [4.69, 9.17) is 23.7 Å². The van der Waals surface area contributed by atoms with E-state index in [9.17, 15) is 0 Å². The number of rotatable bonds is 6. The minimum atomic E-state index is 0.578. The van der Waals surface area contributed by atoms with Crippen LogP contribution in [-0.2, 0) is 0 Å².